The smallest absolute Gasteiger partial charge is 0.344 e. The Kier molecular flexibility index (Phi) is 7.17. The molecule has 0 saturated carbocycles. The summed E-state index contributed by atoms with van der Waals surface area (Å²) in [4.78, 5) is 23.8. The van der Waals surface area contributed by atoms with E-state index >= 15 is 0 Å². The lowest BCUT2D eigenvalue weighted by Crippen LogP contribution is -2.42. The van der Waals surface area contributed by atoms with Gasteiger partial charge in [0.1, 0.15) is 18.5 Å². The Labute approximate surface area is 176 Å². The second-order valence-electron chi connectivity index (χ2n) is 7.42. The van der Waals surface area contributed by atoms with Crippen LogP contribution < -0.4 is 19.5 Å². The highest BCUT2D eigenvalue weighted by Gasteiger charge is 2.21. The fourth-order valence-electron chi connectivity index (χ4n) is 3.16. The van der Waals surface area contributed by atoms with E-state index in [2.05, 4.69) is 19.2 Å². The molecule has 2 aromatic carbocycles. The molecule has 7 heteroatoms. The molecular formula is C23H27NO6. The number of fused-ring (bicyclic) bond motifs is 1. The van der Waals surface area contributed by atoms with Crippen molar-refractivity contribution in [3.63, 3.8) is 0 Å². The molecule has 7 nitrogen and oxygen atoms in total. The monoisotopic (exact) mass is 413 g/mol. The fourth-order valence-corrected chi connectivity index (χ4v) is 3.16. The first kappa shape index (κ1) is 21.5. The van der Waals surface area contributed by atoms with E-state index < -0.39 is 11.9 Å². The van der Waals surface area contributed by atoms with Crippen LogP contribution in [0.25, 0.3) is 0 Å². The van der Waals surface area contributed by atoms with E-state index in [1.54, 1.807) is 0 Å². The molecule has 1 aliphatic rings. The molecule has 0 fully saturated rings. The molecule has 0 unspecified atom stereocenters. The number of rotatable bonds is 8. The first-order valence-corrected chi connectivity index (χ1v) is 9.96. The molecule has 1 amide bonds. The molecular weight excluding hydrogens is 386 g/mol. The minimum Gasteiger partial charge on any atom is -0.486 e. The SMILES string of the molecule is Cc1cc(OCC(=O)OCC(=O)NC[C@H]2COc3ccccc3O2)ccc1C(C)C. The molecule has 0 radical (unpaired) electrons. The van der Waals surface area contributed by atoms with Gasteiger partial charge in [-0.15, -0.1) is 0 Å². The Morgan fingerprint density at radius 1 is 1.13 bits per heavy atom. The van der Waals surface area contributed by atoms with Crippen LogP contribution in [0.2, 0.25) is 0 Å². The predicted molar refractivity (Wildman–Crippen MR) is 111 cm³/mol. The number of para-hydroxylation sites is 2. The standard InChI is InChI=1S/C23H27NO6/c1-15(2)19-9-8-17(10-16(19)3)27-14-23(26)29-13-22(25)24-11-18-12-28-20-6-4-5-7-21(20)30-18/h4-10,15,18H,11-14H2,1-3H3,(H,24,25)/t18-/m0/s1. The van der Waals surface area contributed by atoms with Gasteiger partial charge in [-0.2, -0.15) is 0 Å². The van der Waals surface area contributed by atoms with E-state index in [4.69, 9.17) is 18.9 Å². The predicted octanol–water partition coefficient (Wildman–Crippen LogP) is 3.00. The zero-order chi connectivity index (χ0) is 21.5. The van der Waals surface area contributed by atoms with Gasteiger partial charge >= 0.3 is 5.97 Å². The normalized spacial score (nSPS) is 14.9. The quantitative estimate of drug-likeness (QED) is 0.670. The summed E-state index contributed by atoms with van der Waals surface area (Å²) in [5, 5.41) is 2.67. The zero-order valence-corrected chi connectivity index (χ0v) is 17.5. The number of hydrogen-bond donors (Lipinski definition) is 1. The molecule has 2 aromatic rings. The van der Waals surface area contributed by atoms with Gasteiger partial charge in [-0.3, -0.25) is 4.79 Å². The van der Waals surface area contributed by atoms with Crippen molar-refractivity contribution in [3.8, 4) is 17.2 Å². The first-order chi connectivity index (χ1) is 14.4. The Hall–Kier alpha value is -3.22. The topological polar surface area (TPSA) is 83.1 Å². The summed E-state index contributed by atoms with van der Waals surface area (Å²) in [7, 11) is 0. The molecule has 0 saturated heterocycles. The average Bonchev–Trinajstić information content (AvgIpc) is 2.74. The van der Waals surface area contributed by atoms with Gasteiger partial charge in [0.15, 0.2) is 24.7 Å². The Morgan fingerprint density at radius 2 is 1.90 bits per heavy atom. The van der Waals surface area contributed by atoms with Gasteiger partial charge in [-0.05, 0) is 48.2 Å². The maximum absolute atomic E-state index is 11.9. The van der Waals surface area contributed by atoms with Crippen molar-refractivity contribution in [2.45, 2.75) is 32.8 Å². The van der Waals surface area contributed by atoms with Crippen LogP contribution >= 0.6 is 0 Å². The molecule has 0 spiro atoms. The van der Waals surface area contributed by atoms with E-state index in [9.17, 15) is 9.59 Å². The Balaban J connectivity index is 1.35. The Bertz CT molecular complexity index is 895. The fraction of sp³-hybridized carbons (Fsp3) is 0.391. The van der Waals surface area contributed by atoms with Crippen molar-refractivity contribution < 1.29 is 28.5 Å². The summed E-state index contributed by atoms with van der Waals surface area (Å²) in [6, 6.07) is 13.1. The van der Waals surface area contributed by atoms with Crippen LogP contribution in [-0.4, -0.2) is 44.3 Å². The summed E-state index contributed by atoms with van der Waals surface area (Å²) < 4.78 is 21.8. The molecule has 0 aliphatic carbocycles. The lowest BCUT2D eigenvalue weighted by atomic mass is 9.98. The third-order valence-corrected chi connectivity index (χ3v) is 4.68. The molecule has 1 heterocycles. The molecule has 0 aromatic heterocycles. The van der Waals surface area contributed by atoms with Crippen LogP contribution in [-0.2, 0) is 14.3 Å². The molecule has 160 valence electrons. The second kappa shape index (κ2) is 10.0. The van der Waals surface area contributed by atoms with Crippen molar-refractivity contribution in [3.05, 3.63) is 53.6 Å². The van der Waals surface area contributed by atoms with E-state index in [0.29, 0.717) is 29.8 Å². The van der Waals surface area contributed by atoms with Crippen molar-refractivity contribution in [2.75, 3.05) is 26.4 Å². The van der Waals surface area contributed by atoms with Crippen LogP contribution in [0, 0.1) is 6.92 Å². The number of aryl methyl sites for hydroxylation is 1. The maximum atomic E-state index is 11.9. The summed E-state index contributed by atoms with van der Waals surface area (Å²) in [5.74, 6) is 1.31. The van der Waals surface area contributed by atoms with Crippen molar-refractivity contribution >= 4 is 11.9 Å². The largest absolute Gasteiger partial charge is 0.486 e. The third-order valence-electron chi connectivity index (χ3n) is 4.68. The molecule has 3 rings (SSSR count). The van der Waals surface area contributed by atoms with Gasteiger partial charge < -0.3 is 24.3 Å². The van der Waals surface area contributed by atoms with Crippen LogP contribution in [0.1, 0.15) is 30.9 Å². The molecule has 30 heavy (non-hydrogen) atoms. The van der Waals surface area contributed by atoms with E-state index in [1.165, 1.54) is 5.56 Å². The minimum atomic E-state index is -0.609. The lowest BCUT2D eigenvalue weighted by molar-refractivity contribution is -0.150. The first-order valence-electron chi connectivity index (χ1n) is 9.96. The maximum Gasteiger partial charge on any atom is 0.344 e. The zero-order valence-electron chi connectivity index (χ0n) is 17.5. The van der Waals surface area contributed by atoms with Crippen LogP contribution in [0.5, 0.6) is 17.2 Å². The van der Waals surface area contributed by atoms with Gasteiger partial charge in [0.25, 0.3) is 5.91 Å². The molecule has 1 aliphatic heterocycles. The summed E-state index contributed by atoms with van der Waals surface area (Å²) in [6.45, 7) is 6.20. The van der Waals surface area contributed by atoms with E-state index in [-0.39, 0.29) is 25.9 Å². The van der Waals surface area contributed by atoms with Crippen LogP contribution in [0.3, 0.4) is 0 Å². The van der Waals surface area contributed by atoms with Crippen molar-refractivity contribution in [2.24, 2.45) is 0 Å². The second-order valence-corrected chi connectivity index (χ2v) is 7.42. The summed E-state index contributed by atoms with van der Waals surface area (Å²) in [5.41, 5.74) is 2.34. The highest BCUT2D eigenvalue weighted by molar-refractivity contribution is 5.80. The third kappa shape index (κ3) is 5.89. The van der Waals surface area contributed by atoms with Crippen molar-refractivity contribution in [1.29, 1.82) is 0 Å². The number of carbonyl (C=O) groups excluding carboxylic acids is 2. The van der Waals surface area contributed by atoms with E-state index in [1.807, 2.05) is 49.4 Å². The highest BCUT2D eigenvalue weighted by Crippen LogP contribution is 2.30. The van der Waals surface area contributed by atoms with Crippen LogP contribution in [0.4, 0.5) is 0 Å². The number of carbonyl (C=O) groups is 2. The van der Waals surface area contributed by atoms with E-state index in [0.717, 1.165) is 5.56 Å². The van der Waals surface area contributed by atoms with Gasteiger partial charge in [-0.25, -0.2) is 4.79 Å². The average molecular weight is 413 g/mol. The number of benzene rings is 2. The van der Waals surface area contributed by atoms with Gasteiger partial charge in [0, 0.05) is 0 Å². The molecule has 1 N–H and O–H groups in total. The van der Waals surface area contributed by atoms with Crippen molar-refractivity contribution in [1.82, 2.24) is 5.32 Å². The summed E-state index contributed by atoms with van der Waals surface area (Å²) in [6.07, 6.45) is -0.306. The number of nitrogens with one attached hydrogen (secondary N) is 1. The minimum absolute atomic E-state index is 0.253. The molecule has 1 atom stereocenters. The number of esters is 1. The number of hydrogen-bond acceptors (Lipinski definition) is 6. The van der Waals surface area contributed by atoms with Gasteiger partial charge in [0.05, 0.1) is 6.54 Å². The highest BCUT2D eigenvalue weighted by atomic mass is 16.6. The van der Waals surface area contributed by atoms with Gasteiger partial charge in [-0.1, -0.05) is 32.0 Å². The Morgan fingerprint density at radius 3 is 2.63 bits per heavy atom. The number of ether oxygens (including phenoxy) is 4. The van der Waals surface area contributed by atoms with Crippen LogP contribution in [0.15, 0.2) is 42.5 Å². The lowest BCUT2D eigenvalue weighted by Gasteiger charge is -2.26. The molecule has 0 bridgehead atoms. The summed E-state index contributed by atoms with van der Waals surface area (Å²) >= 11 is 0. The number of amides is 1. The van der Waals surface area contributed by atoms with Gasteiger partial charge in [0.2, 0.25) is 0 Å².